The summed E-state index contributed by atoms with van der Waals surface area (Å²) in [6.45, 7) is 3.17. The third-order valence-electron chi connectivity index (χ3n) is 3.50. The summed E-state index contributed by atoms with van der Waals surface area (Å²) < 4.78 is 0. The SMILES string of the molecule is C[C@@H](NCc1ncc[nH]1)C1CCCCC1. The summed E-state index contributed by atoms with van der Waals surface area (Å²) in [6.07, 6.45) is 10.7. The lowest BCUT2D eigenvalue weighted by molar-refractivity contribution is 0.279. The van der Waals surface area contributed by atoms with Crippen molar-refractivity contribution in [2.24, 2.45) is 5.92 Å². The second-order valence-electron chi connectivity index (χ2n) is 4.60. The van der Waals surface area contributed by atoms with Crippen LogP contribution in [0.3, 0.4) is 0 Å². The molecule has 2 rings (SSSR count). The number of imidazole rings is 1. The van der Waals surface area contributed by atoms with Crippen LogP contribution in [-0.4, -0.2) is 16.0 Å². The number of aromatic nitrogens is 2. The van der Waals surface area contributed by atoms with Crippen LogP contribution in [0, 0.1) is 5.92 Å². The molecule has 84 valence electrons. The first-order chi connectivity index (χ1) is 7.36. The van der Waals surface area contributed by atoms with Crippen molar-refractivity contribution in [3.63, 3.8) is 0 Å². The Morgan fingerprint density at radius 1 is 1.47 bits per heavy atom. The van der Waals surface area contributed by atoms with Crippen LogP contribution >= 0.6 is 0 Å². The largest absolute Gasteiger partial charge is 0.348 e. The van der Waals surface area contributed by atoms with Crippen LogP contribution in [0.1, 0.15) is 44.9 Å². The van der Waals surface area contributed by atoms with Crippen molar-refractivity contribution in [2.45, 2.75) is 51.6 Å². The van der Waals surface area contributed by atoms with Crippen LogP contribution < -0.4 is 5.32 Å². The molecule has 3 heteroatoms. The molecular formula is C12H21N3. The highest BCUT2D eigenvalue weighted by atomic mass is 15.0. The van der Waals surface area contributed by atoms with E-state index in [0.29, 0.717) is 6.04 Å². The minimum Gasteiger partial charge on any atom is -0.348 e. The van der Waals surface area contributed by atoms with Crippen LogP contribution in [0.15, 0.2) is 12.4 Å². The molecule has 0 saturated heterocycles. The second-order valence-corrected chi connectivity index (χ2v) is 4.60. The van der Waals surface area contributed by atoms with Gasteiger partial charge in [-0.1, -0.05) is 19.3 Å². The lowest BCUT2D eigenvalue weighted by atomic mass is 9.84. The maximum Gasteiger partial charge on any atom is 0.120 e. The average Bonchev–Trinajstić information content (AvgIpc) is 2.80. The summed E-state index contributed by atoms with van der Waals surface area (Å²) in [6, 6.07) is 0.621. The Morgan fingerprint density at radius 3 is 2.93 bits per heavy atom. The van der Waals surface area contributed by atoms with E-state index in [9.17, 15) is 0 Å². The van der Waals surface area contributed by atoms with Gasteiger partial charge in [0.1, 0.15) is 5.82 Å². The van der Waals surface area contributed by atoms with Crippen molar-refractivity contribution in [3.8, 4) is 0 Å². The van der Waals surface area contributed by atoms with E-state index in [-0.39, 0.29) is 0 Å². The molecule has 0 spiro atoms. The van der Waals surface area contributed by atoms with Gasteiger partial charge in [-0.05, 0) is 25.7 Å². The second kappa shape index (κ2) is 5.31. The van der Waals surface area contributed by atoms with E-state index in [1.165, 1.54) is 32.1 Å². The van der Waals surface area contributed by atoms with Crippen molar-refractivity contribution < 1.29 is 0 Å². The monoisotopic (exact) mass is 207 g/mol. The molecule has 1 aromatic heterocycles. The van der Waals surface area contributed by atoms with Crippen molar-refractivity contribution in [1.82, 2.24) is 15.3 Å². The lowest BCUT2D eigenvalue weighted by Crippen LogP contribution is -2.34. The van der Waals surface area contributed by atoms with Gasteiger partial charge < -0.3 is 10.3 Å². The molecule has 0 aliphatic heterocycles. The molecule has 0 aromatic carbocycles. The normalized spacial score (nSPS) is 20.3. The fraction of sp³-hybridized carbons (Fsp3) is 0.750. The van der Waals surface area contributed by atoms with Gasteiger partial charge in [-0.25, -0.2) is 4.98 Å². The van der Waals surface area contributed by atoms with Crippen LogP contribution in [0.2, 0.25) is 0 Å². The molecule has 0 unspecified atom stereocenters. The van der Waals surface area contributed by atoms with Crippen LogP contribution in [0.5, 0.6) is 0 Å². The Balaban J connectivity index is 1.74. The predicted molar refractivity (Wildman–Crippen MR) is 61.5 cm³/mol. The van der Waals surface area contributed by atoms with E-state index in [2.05, 4.69) is 22.2 Å². The van der Waals surface area contributed by atoms with E-state index >= 15 is 0 Å². The molecule has 2 N–H and O–H groups in total. The summed E-state index contributed by atoms with van der Waals surface area (Å²) in [7, 11) is 0. The highest BCUT2D eigenvalue weighted by Gasteiger charge is 2.19. The van der Waals surface area contributed by atoms with E-state index < -0.39 is 0 Å². The van der Waals surface area contributed by atoms with Gasteiger partial charge in [-0.15, -0.1) is 0 Å². The Labute approximate surface area is 91.7 Å². The molecule has 1 atom stereocenters. The Bertz CT molecular complexity index is 262. The molecule has 1 heterocycles. The lowest BCUT2D eigenvalue weighted by Gasteiger charge is -2.28. The van der Waals surface area contributed by atoms with Crippen LogP contribution in [0.25, 0.3) is 0 Å². The smallest absolute Gasteiger partial charge is 0.120 e. The number of nitrogens with one attached hydrogen (secondary N) is 2. The molecule has 15 heavy (non-hydrogen) atoms. The van der Waals surface area contributed by atoms with Crippen molar-refractivity contribution in [3.05, 3.63) is 18.2 Å². The van der Waals surface area contributed by atoms with Gasteiger partial charge in [0.15, 0.2) is 0 Å². The van der Waals surface area contributed by atoms with Gasteiger partial charge in [-0.2, -0.15) is 0 Å². The van der Waals surface area contributed by atoms with Crippen molar-refractivity contribution >= 4 is 0 Å². The number of hydrogen-bond acceptors (Lipinski definition) is 2. The molecule has 0 bridgehead atoms. The minimum absolute atomic E-state index is 0.621. The van der Waals surface area contributed by atoms with Gasteiger partial charge in [0, 0.05) is 18.4 Å². The first-order valence-electron chi connectivity index (χ1n) is 6.08. The number of nitrogens with zero attached hydrogens (tertiary/aromatic N) is 1. The quantitative estimate of drug-likeness (QED) is 0.796. The maximum atomic E-state index is 4.22. The molecule has 1 aliphatic rings. The highest BCUT2D eigenvalue weighted by molar-refractivity contribution is 4.87. The molecule has 1 saturated carbocycles. The van der Waals surface area contributed by atoms with Crippen LogP contribution in [0.4, 0.5) is 0 Å². The third kappa shape index (κ3) is 3.06. The molecule has 0 amide bonds. The standard InChI is InChI=1S/C12H21N3/c1-10(11-5-3-2-4-6-11)15-9-12-13-7-8-14-12/h7-8,10-11,15H,2-6,9H2,1H3,(H,13,14)/t10-/m1/s1. The minimum atomic E-state index is 0.621. The maximum absolute atomic E-state index is 4.22. The zero-order valence-electron chi connectivity index (χ0n) is 9.50. The van der Waals surface area contributed by atoms with E-state index in [1.54, 1.807) is 0 Å². The Morgan fingerprint density at radius 2 is 2.27 bits per heavy atom. The fourth-order valence-electron chi connectivity index (χ4n) is 2.45. The van der Waals surface area contributed by atoms with E-state index in [4.69, 9.17) is 0 Å². The first-order valence-corrected chi connectivity index (χ1v) is 6.08. The number of H-pyrrole nitrogens is 1. The Hall–Kier alpha value is -0.830. The zero-order chi connectivity index (χ0) is 10.5. The Kier molecular flexibility index (Phi) is 3.78. The summed E-state index contributed by atoms with van der Waals surface area (Å²) in [4.78, 5) is 7.34. The summed E-state index contributed by atoms with van der Waals surface area (Å²) >= 11 is 0. The number of aromatic amines is 1. The predicted octanol–water partition coefficient (Wildman–Crippen LogP) is 2.47. The topological polar surface area (TPSA) is 40.7 Å². The number of hydrogen-bond donors (Lipinski definition) is 2. The summed E-state index contributed by atoms with van der Waals surface area (Å²) in [5, 5.41) is 3.56. The molecule has 0 radical (unpaired) electrons. The van der Waals surface area contributed by atoms with Gasteiger partial charge in [0.25, 0.3) is 0 Å². The average molecular weight is 207 g/mol. The van der Waals surface area contributed by atoms with Crippen molar-refractivity contribution in [1.29, 1.82) is 0 Å². The van der Waals surface area contributed by atoms with Crippen molar-refractivity contribution in [2.75, 3.05) is 0 Å². The van der Waals surface area contributed by atoms with Gasteiger partial charge >= 0.3 is 0 Å². The summed E-state index contributed by atoms with van der Waals surface area (Å²) in [5.74, 6) is 1.91. The highest BCUT2D eigenvalue weighted by Crippen LogP contribution is 2.26. The molecule has 3 nitrogen and oxygen atoms in total. The van der Waals surface area contributed by atoms with E-state index in [1.807, 2.05) is 12.4 Å². The molecule has 1 aromatic rings. The fourth-order valence-corrected chi connectivity index (χ4v) is 2.45. The molecule has 1 aliphatic carbocycles. The number of rotatable bonds is 4. The zero-order valence-corrected chi connectivity index (χ0v) is 9.50. The summed E-state index contributed by atoms with van der Waals surface area (Å²) in [5.41, 5.74) is 0. The van der Waals surface area contributed by atoms with Gasteiger partial charge in [0.05, 0.1) is 6.54 Å². The van der Waals surface area contributed by atoms with E-state index in [0.717, 1.165) is 18.3 Å². The van der Waals surface area contributed by atoms with Gasteiger partial charge in [-0.3, -0.25) is 0 Å². The first kappa shape index (κ1) is 10.7. The van der Waals surface area contributed by atoms with Crippen LogP contribution in [-0.2, 0) is 6.54 Å². The molecule has 1 fully saturated rings. The third-order valence-corrected chi connectivity index (χ3v) is 3.50. The van der Waals surface area contributed by atoms with Gasteiger partial charge in [0.2, 0.25) is 0 Å². The molecular weight excluding hydrogens is 186 g/mol.